The SMILES string of the molecule is CCC/C=C\C/C=C\CCCCCCCC(=O)OC(COC(=O)CCCCCCCCC)COC(=O)CCCCCCCCCCCCCCC/C=C\C/C=C\CCCCCCC. The van der Waals surface area contributed by atoms with Crippen LogP contribution in [0.3, 0.4) is 0 Å². The smallest absolute Gasteiger partial charge is 0.306 e. The van der Waals surface area contributed by atoms with Crippen LogP contribution in [0.25, 0.3) is 0 Å². The summed E-state index contributed by atoms with van der Waals surface area (Å²) in [6.07, 6.45) is 62.7. The van der Waals surface area contributed by atoms with Crippen molar-refractivity contribution < 1.29 is 28.6 Å². The van der Waals surface area contributed by atoms with Gasteiger partial charge in [-0.1, -0.05) is 230 Å². The molecule has 0 N–H and O–H groups in total. The number of carbonyl (C=O) groups is 3. The summed E-state index contributed by atoms with van der Waals surface area (Å²) in [4.78, 5) is 37.8. The molecular weight excluding hydrogens is 781 g/mol. The minimum atomic E-state index is -0.775. The molecule has 1 atom stereocenters. The second kappa shape index (κ2) is 52.0. The molecule has 0 bridgehead atoms. The van der Waals surface area contributed by atoms with E-state index in [4.69, 9.17) is 14.2 Å². The van der Waals surface area contributed by atoms with Gasteiger partial charge in [0.25, 0.3) is 0 Å². The number of allylic oxidation sites excluding steroid dienone is 8. The lowest BCUT2D eigenvalue weighted by Gasteiger charge is -2.18. The summed E-state index contributed by atoms with van der Waals surface area (Å²) in [5.41, 5.74) is 0. The van der Waals surface area contributed by atoms with Gasteiger partial charge in [-0.05, 0) is 77.0 Å². The van der Waals surface area contributed by atoms with Gasteiger partial charge >= 0.3 is 17.9 Å². The Morgan fingerprint density at radius 2 is 0.603 bits per heavy atom. The fourth-order valence-electron chi connectivity index (χ4n) is 7.69. The Morgan fingerprint density at radius 3 is 0.937 bits per heavy atom. The van der Waals surface area contributed by atoms with Crippen molar-refractivity contribution in [2.75, 3.05) is 13.2 Å². The van der Waals surface area contributed by atoms with Crippen molar-refractivity contribution in [2.24, 2.45) is 0 Å². The minimum Gasteiger partial charge on any atom is -0.462 e. The molecular formula is C57H102O6. The fourth-order valence-corrected chi connectivity index (χ4v) is 7.69. The van der Waals surface area contributed by atoms with E-state index in [0.717, 1.165) is 96.3 Å². The first kappa shape index (κ1) is 60.4. The van der Waals surface area contributed by atoms with Crippen LogP contribution in [0.5, 0.6) is 0 Å². The maximum atomic E-state index is 12.7. The molecule has 0 saturated carbocycles. The van der Waals surface area contributed by atoms with Crippen molar-refractivity contribution in [1.82, 2.24) is 0 Å². The Bertz CT molecular complexity index is 1110. The monoisotopic (exact) mass is 883 g/mol. The van der Waals surface area contributed by atoms with E-state index < -0.39 is 6.10 Å². The molecule has 0 rings (SSSR count). The molecule has 0 amide bonds. The van der Waals surface area contributed by atoms with Gasteiger partial charge in [0, 0.05) is 19.3 Å². The van der Waals surface area contributed by atoms with Crippen molar-refractivity contribution in [2.45, 2.75) is 284 Å². The maximum absolute atomic E-state index is 12.7. The van der Waals surface area contributed by atoms with Crippen LogP contribution in [0.4, 0.5) is 0 Å². The molecule has 1 unspecified atom stereocenters. The van der Waals surface area contributed by atoms with Gasteiger partial charge in [-0.3, -0.25) is 14.4 Å². The van der Waals surface area contributed by atoms with E-state index in [2.05, 4.69) is 69.4 Å². The topological polar surface area (TPSA) is 78.9 Å². The van der Waals surface area contributed by atoms with E-state index in [0.29, 0.717) is 19.3 Å². The third-order valence-electron chi connectivity index (χ3n) is 11.8. The van der Waals surface area contributed by atoms with Gasteiger partial charge in [-0.15, -0.1) is 0 Å². The first-order valence-corrected chi connectivity index (χ1v) is 27.1. The molecule has 366 valence electrons. The highest BCUT2D eigenvalue weighted by Crippen LogP contribution is 2.15. The summed E-state index contributed by atoms with van der Waals surface area (Å²) in [6, 6.07) is 0. The number of hydrogen-bond donors (Lipinski definition) is 0. The second-order valence-electron chi connectivity index (χ2n) is 18.1. The quantitative estimate of drug-likeness (QED) is 0.0262. The van der Waals surface area contributed by atoms with Crippen LogP contribution in [0, 0.1) is 0 Å². The summed E-state index contributed by atoms with van der Waals surface area (Å²) in [5, 5.41) is 0. The van der Waals surface area contributed by atoms with Gasteiger partial charge in [0.05, 0.1) is 0 Å². The van der Waals surface area contributed by atoms with Gasteiger partial charge in [-0.2, -0.15) is 0 Å². The van der Waals surface area contributed by atoms with Gasteiger partial charge < -0.3 is 14.2 Å². The van der Waals surface area contributed by atoms with Crippen molar-refractivity contribution in [3.63, 3.8) is 0 Å². The number of unbranched alkanes of at least 4 members (excludes halogenated alkanes) is 30. The highest BCUT2D eigenvalue weighted by Gasteiger charge is 2.19. The third kappa shape index (κ3) is 50.2. The van der Waals surface area contributed by atoms with Gasteiger partial charge in [0.15, 0.2) is 6.10 Å². The van der Waals surface area contributed by atoms with Crippen LogP contribution < -0.4 is 0 Å². The molecule has 0 heterocycles. The molecule has 0 aromatic rings. The van der Waals surface area contributed by atoms with E-state index >= 15 is 0 Å². The minimum absolute atomic E-state index is 0.0774. The zero-order chi connectivity index (χ0) is 45.8. The molecule has 0 spiro atoms. The lowest BCUT2D eigenvalue weighted by Crippen LogP contribution is -2.30. The Kier molecular flexibility index (Phi) is 49.8. The first-order valence-electron chi connectivity index (χ1n) is 27.1. The highest BCUT2D eigenvalue weighted by molar-refractivity contribution is 5.71. The molecule has 0 aliphatic rings. The highest BCUT2D eigenvalue weighted by atomic mass is 16.6. The standard InChI is InChI=1S/C57H102O6/c1-4-7-10-13-16-18-20-22-23-24-25-26-27-28-29-30-31-32-33-35-36-38-41-44-47-50-56(59)62-53-54(52-61-55(58)49-46-43-40-15-12-9-6-3)63-57(60)51-48-45-42-39-37-34-21-19-17-14-11-8-5-2/h11,14,19-22,24-25,54H,4-10,12-13,15-18,23,26-53H2,1-3H3/b14-11-,21-19-,22-20-,25-24-. The molecule has 6 nitrogen and oxygen atoms in total. The normalized spacial score (nSPS) is 12.4. The number of rotatable bonds is 49. The van der Waals surface area contributed by atoms with Crippen LogP contribution in [0.2, 0.25) is 0 Å². The van der Waals surface area contributed by atoms with Crippen LogP contribution in [-0.2, 0) is 28.6 Å². The molecule has 0 saturated heterocycles. The van der Waals surface area contributed by atoms with Gasteiger partial charge in [0.2, 0.25) is 0 Å². The average molecular weight is 883 g/mol. The molecule has 63 heavy (non-hydrogen) atoms. The second-order valence-corrected chi connectivity index (χ2v) is 18.1. The van der Waals surface area contributed by atoms with E-state index in [1.807, 2.05) is 0 Å². The van der Waals surface area contributed by atoms with Gasteiger partial charge in [0.1, 0.15) is 13.2 Å². The predicted octanol–water partition coefficient (Wildman–Crippen LogP) is 17.9. The summed E-state index contributed by atoms with van der Waals surface area (Å²) in [6.45, 7) is 6.52. The van der Waals surface area contributed by atoms with E-state index in [-0.39, 0.29) is 31.1 Å². The van der Waals surface area contributed by atoms with Crippen LogP contribution >= 0.6 is 0 Å². The van der Waals surface area contributed by atoms with Gasteiger partial charge in [-0.25, -0.2) is 0 Å². The van der Waals surface area contributed by atoms with Crippen molar-refractivity contribution in [1.29, 1.82) is 0 Å². The van der Waals surface area contributed by atoms with Crippen LogP contribution in [-0.4, -0.2) is 37.2 Å². The number of ether oxygens (including phenoxy) is 3. The Balaban J connectivity index is 4.12. The molecule has 6 heteroatoms. The third-order valence-corrected chi connectivity index (χ3v) is 11.8. The van der Waals surface area contributed by atoms with E-state index in [1.165, 1.54) is 141 Å². The zero-order valence-electron chi connectivity index (χ0n) is 41.8. The predicted molar refractivity (Wildman–Crippen MR) is 270 cm³/mol. The van der Waals surface area contributed by atoms with Crippen LogP contribution in [0.1, 0.15) is 278 Å². The Labute approximate surface area is 390 Å². The Morgan fingerprint density at radius 1 is 0.317 bits per heavy atom. The summed E-state index contributed by atoms with van der Waals surface area (Å²) < 4.78 is 16.7. The van der Waals surface area contributed by atoms with Crippen molar-refractivity contribution in [3.8, 4) is 0 Å². The largest absolute Gasteiger partial charge is 0.462 e. The van der Waals surface area contributed by atoms with Crippen molar-refractivity contribution >= 4 is 17.9 Å². The first-order chi connectivity index (χ1) is 31.0. The lowest BCUT2D eigenvalue weighted by atomic mass is 10.0. The summed E-state index contributed by atoms with van der Waals surface area (Å²) in [5.74, 6) is -0.892. The summed E-state index contributed by atoms with van der Waals surface area (Å²) in [7, 11) is 0. The van der Waals surface area contributed by atoms with E-state index in [1.54, 1.807) is 0 Å². The molecule has 0 aromatic carbocycles. The molecule has 0 fully saturated rings. The van der Waals surface area contributed by atoms with E-state index in [9.17, 15) is 14.4 Å². The molecule has 0 radical (unpaired) electrons. The lowest BCUT2D eigenvalue weighted by molar-refractivity contribution is -0.167. The number of esters is 3. The van der Waals surface area contributed by atoms with Crippen molar-refractivity contribution in [3.05, 3.63) is 48.6 Å². The summed E-state index contributed by atoms with van der Waals surface area (Å²) >= 11 is 0. The van der Waals surface area contributed by atoms with Crippen LogP contribution in [0.15, 0.2) is 48.6 Å². The Hall–Kier alpha value is -2.63. The molecule has 0 aliphatic heterocycles. The number of hydrogen-bond acceptors (Lipinski definition) is 6. The average Bonchev–Trinajstić information content (AvgIpc) is 3.28. The molecule has 0 aromatic heterocycles. The maximum Gasteiger partial charge on any atom is 0.306 e. The fraction of sp³-hybridized carbons (Fsp3) is 0.807. The number of carbonyl (C=O) groups excluding carboxylic acids is 3. The zero-order valence-corrected chi connectivity index (χ0v) is 41.8. The molecule has 0 aliphatic carbocycles.